The van der Waals surface area contributed by atoms with Crippen LogP contribution in [0.3, 0.4) is 0 Å². The summed E-state index contributed by atoms with van der Waals surface area (Å²) in [6.07, 6.45) is 7.30. The zero-order chi connectivity index (χ0) is 13.1. The van der Waals surface area contributed by atoms with Crippen LogP contribution < -0.4 is 5.32 Å². The Balaban J connectivity index is 1.78. The maximum absolute atomic E-state index is 5.39. The topological polar surface area (TPSA) is 64.9 Å². The van der Waals surface area contributed by atoms with Crippen LogP contribution in [0, 0.1) is 6.92 Å². The molecule has 0 aliphatic carbocycles. The molecule has 1 saturated heterocycles. The average Bonchev–Trinajstić information content (AvgIpc) is 2.82. The van der Waals surface area contributed by atoms with Crippen LogP contribution in [0.15, 0.2) is 24.7 Å². The molecule has 1 aliphatic rings. The van der Waals surface area contributed by atoms with Crippen LogP contribution in [-0.2, 0) is 4.74 Å². The summed E-state index contributed by atoms with van der Waals surface area (Å²) < 4.78 is 7.46. The van der Waals surface area contributed by atoms with Crippen molar-refractivity contribution >= 4 is 11.6 Å². The van der Waals surface area contributed by atoms with Crippen LogP contribution in [-0.4, -0.2) is 33.0 Å². The van der Waals surface area contributed by atoms with E-state index in [4.69, 9.17) is 4.74 Å². The molecule has 2 aromatic rings. The van der Waals surface area contributed by atoms with Gasteiger partial charge in [0.1, 0.15) is 0 Å². The number of aromatic nitrogens is 4. The standard InChI is InChI=1S/C13H17N5O/c1-10-12(17-13-14-5-2-6-15-13)9-16-18(10)11-3-7-19-8-4-11/h2,5-6,9,11H,3-4,7-8H2,1H3,(H,14,15,17). The largest absolute Gasteiger partial charge is 0.381 e. The second-order valence-electron chi connectivity index (χ2n) is 4.63. The van der Waals surface area contributed by atoms with E-state index in [0.717, 1.165) is 37.4 Å². The van der Waals surface area contributed by atoms with Crippen LogP contribution in [0.4, 0.5) is 11.6 Å². The van der Waals surface area contributed by atoms with Gasteiger partial charge in [-0.25, -0.2) is 9.97 Å². The molecule has 3 rings (SSSR count). The minimum absolute atomic E-state index is 0.431. The highest BCUT2D eigenvalue weighted by Crippen LogP contribution is 2.26. The lowest BCUT2D eigenvalue weighted by Crippen LogP contribution is -2.21. The fraction of sp³-hybridized carbons (Fsp3) is 0.462. The predicted molar refractivity (Wildman–Crippen MR) is 71.4 cm³/mol. The molecule has 2 aromatic heterocycles. The van der Waals surface area contributed by atoms with Crippen LogP contribution in [0.1, 0.15) is 24.6 Å². The van der Waals surface area contributed by atoms with Gasteiger partial charge in [0.25, 0.3) is 0 Å². The highest BCUT2D eigenvalue weighted by atomic mass is 16.5. The van der Waals surface area contributed by atoms with Crippen molar-refractivity contribution < 1.29 is 4.74 Å². The normalized spacial score (nSPS) is 16.5. The van der Waals surface area contributed by atoms with Crippen molar-refractivity contribution in [1.82, 2.24) is 19.7 Å². The number of rotatable bonds is 3. The molecule has 0 aromatic carbocycles. The van der Waals surface area contributed by atoms with Gasteiger partial charge in [-0.2, -0.15) is 5.10 Å². The first-order valence-electron chi connectivity index (χ1n) is 6.50. The Bertz CT molecular complexity index is 533. The molecule has 0 saturated carbocycles. The summed E-state index contributed by atoms with van der Waals surface area (Å²) in [5.41, 5.74) is 2.07. The van der Waals surface area contributed by atoms with Gasteiger partial charge < -0.3 is 10.1 Å². The molecule has 0 atom stereocenters. The Morgan fingerprint density at radius 3 is 2.74 bits per heavy atom. The summed E-state index contributed by atoms with van der Waals surface area (Å²) in [5.74, 6) is 0.595. The number of hydrogen-bond acceptors (Lipinski definition) is 5. The van der Waals surface area contributed by atoms with E-state index in [2.05, 4.69) is 32.0 Å². The SMILES string of the molecule is Cc1c(Nc2ncccn2)cnn1C1CCOCC1. The quantitative estimate of drug-likeness (QED) is 0.914. The fourth-order valence-electron chi connectivity index (χ4n) is 2.33. The van der Waals surface area contributed by atoms with E-state index >= 15 is 0 Å². The van der Waals surface area contributed by atoms with Gasteiger partial charge in [0.2, 0.25) is 5.95 Å². The van der Waals surface area contributed by atoms with Crippen molar-refractivity contribution in [3.05, 3.63) is 30.4 Å². The highest BCUT2D eigenvalue weighted by Gasteiger charge is 2.19. The smallest absolute Gasteiger partial charge is 0.227 e. The predicted octanol–water partition coefficient (Wildman–Crippen LogP) is 2.08. The molecule has 1 aliphatic heterocycles. The van der Waals surface area contributed by atoms with Crippen molar-refractivity contribution in [1.29, 1.82) is 0 Å². The van der Waals surface area contributed by atoms with E-state index in [1.54, 1.807) is 18.5 Å². The Morgan fingerprint density at radius 2 is 2.00 bits per heavy atom. The molecule has 0 radical (unpaired) electrons. The lowest BCUT2D eigenvalue weighted by molar-refractivity contribution is 0.0657. The number of anilines is 2. The average molecular weight is 259 g/mol. The number of nitrogens with zero attached hydrogens (tertiary/aromatic N) is 4. The van der Waals surface area contributed by atoms with Crippen LogP contribution >= 0.6 is 0 Å². The zero-order valence-electron chi connectivity index (χ0n) is 10.9. The summed E-state index contributed by atoms with van der Waals surface area (Å²) in [6.45, 7) is 3.69. The third-order valence-electron chi connectivity index (χ3n) is 3.39. The van der Waals surface area contributed by atoms with Gasteiger partial charge in [0.05, 0.1) is 23.6 Å². The minimum Gasteiger partial charge on any atom is -0.381 e. The van der Waals surface area contributed by atoms with E-state index < -0.39 is 0 Å². The van der Waals surface area contributed by atoms with Gasteiger partial charge in [-0.3, -0.25) is 4.68 Å². The Morgan fingerprint density at radius 1 is 1.26 bits per heavy atom. The third-order valence-corrected chi connectivity index (χ3v) is 3.39. The van der Waals surface area contributed by atoms with Crippen molar-refractivity contribution in [3.63, 3.8) is 0 Å². The van der Waals surface area contributed by atoms with E-state index in [9.17, 15) is 0 Å². The first-order chi connectivity index (χ1) is 9.34. The lowest BCUT2D eigenvalue weighted by atomic mass is 10.1. The molecule has 6 nitrogen and oxygen atoms in total. The summed E-state index contributed by atoms with van der Waals surface area (Å²) in [4.78, 5) is 8.32. The Labute approximate surface area is 111 Å². The molecule has 6 heteroatoms. The van der Waals surface area contributed by atoms with Crippen molar-refractivity contribution in [2.24, 2.45) is 0 Å². The molecule has 3 heterocycles. The molecule has 100 valence electrons. The first-order valence-corrected chi connectivity index (χ1v) is 6.50. The number of nitrogens with one attached hydrogen (secondary N) is 1. The van der Waals surface area contributed by atoms with E-state index in [0.29, 0.717) is 12.0 Å². The molecule has 19 heavy (non-hydrogen) atoms. The van der Waals surface area contributed by atoms with Crippen molar-refractivity contribution in [3.8, 4) is 0 Å². The second kappa shape index (κ2) is 5.36. The fourth-order valence-corrected chi connectivity index (χ4v) is 2.33. The summed E-state index contributed by atoms with van der Waals surface area (Å²) in [7, 11) is 0. The number of ether oxygens (including phenoxy) is 1. The Hall–Kier alpha value is -1.95. The van der Waals surface area contributed by atoms with E-state index in [1.807, 2.05) is 6.20 Å². The van der Waals surface area contributed by atoms with Crippen LogP contribution in [0.25, 0.3) is 0 Å². The van der Waals surface area contributed by atoms with E-state index in [1.165, 1.54) is 0 Å². The lowest BCUT2D eigenvalue weighted by Gasteiger charge is -2.23. The van der Waals surface area contributed by atoms with Gasteiger partial charge >= 0.3 is 0 Å². The maximum Gasteiger partial charge on any atom is 0.227 e. The number of hydrogen-bond donors (Lipinski definition) is 1. The zero-order valence-corrected chi connectivity index (χ0v) is 10.9. The van der Waals surface area contributed by atoms with Crippen molar-refractivity contribution in [2.75, 3.05) is 18.5 Å². The molecule has 0 amide bonds. The van der Waals surface area contributed by atoms with Gasteiger partial charge in [-0.1, -0.05) is 0 Å². The third kappa shape index (κ3) is 2.58. The van der Waals surface area contributed by atoms with Gasteiger partial charge in [0, 0.05) is 25.6 Å². The van der Waals surface area contributed by atoms with Gasteiger partial charge in [-0.05, 0) is 25.8 Å². The molecule has 0 spiro atoms. The molecule has 1 N–H and O–H groups in total. The van der Waals surface area contributed by atoms with Crippen LogP contribution in [0.2, 0.25) is 0 Å². The summed E-state index contributed by atoms with van der Waals surface area (Å²) >= 11 is 0. The van der Waals surface area contributed by atoms with Crippen molar-refractivity contribution in [2.45, 2.75) is 25.8 Å². The molecule has 0 unspecified atom stereocenters. The molecular weight excluding hydrogens is 242 g/mol. The summed E-state index contributed by atoms with van der Waals surface area (Å²) in [5, 5.41) is 7.67. The summed E-state index contributed by atoms with van der Waals surface area (Å²) in [6, 6.07) is 2.23. The Kier molecular flexibility index (Phi) is 3.41. The van der Waals surface area contributed by atoms with Crippen LogP contribution in [0.5, 0.6) is 0 Å². The molecular formula is C13H17N5O. The molecule has 1 fully saturated rings. The highest BCUT2D eigenvalue weighted by molar-refractivity contribution is 5.54. The van der Waals surface area contributed by atoms with E-state index in [-0.39, 0.29) is 0 Å². The van der Waals surface area contributed by atoms with Gasteiger partial charge in [0.15, 0.2) is 0 Å². The minimum atomic E-state index is 0.431. The second-order valence-corrected chi connectivity index (χ2v) is 4.63. The van der Waals surface area contributed by atoms with Gasteiger partial charge in [-0.15, -0.1) is 0 Å². The molecule has 0 bridgehead atoms. The maximum atomic E-state index is 5.39. The monoisotopic (exact) mass is 259 g/mol. The first kappa shape index (κ1) is 12.1.